The topological polar surface area (TPSA) is 105 Å². The van der Waals surface area contributed by atoms with Crippen molar-refractivity contribution in [1.82, 2.24) is 10.2 Å². The number of carboxylic acids is 1. The number of unbranched alkanes of at least 4 members (excludes halogenated alkanes) is 1. The van der Waals surface area contributed by atoms with Gasteiger partial charge in [0.1, 0.15) is 16.9 Å². The Morgan fingerprint density at radius 3 is 2.27 bits per heavy atom. The van der Waals surface area contributed by atoms with Crippen LogP contribution in [-0.2, 0) is 4.79 Å². The molecule has 1 unspecified atom stereocenters. The molecule has 0 saturated carbocycles. The fraction of sp³-hybridized carbons (Fsp3) is 0.400. The number of hydrogen-bond acceptors (Lipinski definition) is 5. The zero-order valence-electron chi connectivity index (χ0n) is 19.0. The molecular weight excluding hydrogens is 424 g/mol. The third kappa shape index (κ3) is 5.27. The van der Waals surface area contributed by atoms with E-state index in [1.165, 1.54) is 24.3 Å². The van der Waals surface area contributed by atoms with Crippen LogP contribution in [0.1, 0.15) is 49.9 Å². The van der Waals surface area contributed by atoms with Crippen molar-refractivity contribution in [1.29, 1.82) is 0 Å². The van der Waals surface area contributed by atoms with E-state index in [9.17, 15) is 14.4 Å². The Morgan fingerprint density at radius 1 is 1.00 bits per heavy atom. The molecule has 1 fully saturated rings. The fourth-order valence-electron chi connectivity index (χ4n) is 3.92. The maximum absolute atomic E-state index is 12.9. The number of nitrogens with one attached hydrogen (secondary N) is 1. The number of carbonyl (C=O) groups is 3. The summed E-state index contributed by atoms with van der Waals surface area (Å²) >= 11 is 0. The standard InChI is InChI=1S/C25H30N2O6/c1-3-25(4-2)22(30)27(23(25)33-20-14-12-18(13-15-20)21(28)29)24(31)26-16-8-9-17-32-19-10-6-5-7-11-19/h5-7,10-15,23H,3-4,8-9,16-17H2,1-2H3,(H,26,31)(H,28,29). The number of para-hydroxylation sites is 1. The molecule has 1 saturated heterocycles. The first kappa shape index (κ1) is 24.1. The van der Waals surface area contributed by atoms with Gasteiger partial charge in [0.15, 0.2) is 6.23 Å². The monoisotopic (exact) mass is 454 g/mol. The number of rotatable bonds is 11. The molecule has 1 aliphatic heterocycles. The number of β-lactam (4-membered cyclic amide) rings is 1. The zero-order valence-corrected chi connectivity index (χ0v) is 19.0. The van der Waals surface area contributed by atoms with Crippen LogP contribution in [0.2, 0.25) is 0 Å². The first-order chi connectivity index (χ1) is 15.9. The third-order valence-corrected chi connectivity index (χ3v) is 6.04. The second-order valence-electron chi connectivity index (χ2n) is 7.94. The van der Waals surface area contributed by atoms with Gasteiger partial charge in [-0.1, -0.05) is 32.0 Å². The average Bonchev–Trinajstić information content (AvgIpc) is 2.83. The summed E-state index contributed by atoms with van der Waals surface area (Å²) in [6.07, 6.45) is 1.77. The van der Waals surface area contributed by atoms with E-state index in [1.807, 2.05) is 44.2 Å². The van der Waals surface area contributed by atoms with Crippen molar-refractivity contribution in [3.63, 3.8) is 0 Å². The summed E-state index contributed by atoms with van der Waals surface area (Å²) < 4.78 is 11.7. The summed E-state index contributed by atoms with van der Waals surface area (Å²) in [4.78, 5) is 37.9. The molecule has 8 nitrogen and oxygen atoms in total. The molecule has 0 radical (unpaired) electrons. The van der Waals surface area contributed by atoms with Crippen LogP contribution in [0, 0.1) is 5.41 Å². The normalized spacial score (nSPS) is 16.6. The summed E-state index contributed by atoms with van der Waals surface area (Å²) in [6.45, 7) is 4.74. The zero-order chi connectivity index (χ0) is 23.8. The van der Waals surface area contributed by atoms with Gasteiger partial charge in [-0.15, -0.1) is 0 Å². The molecule has 0 spiro atoms. The highest BCUT2D eigenvalue weighted by Gasteiger charge is 2.62. The minimum absolute atomic E-state index is 0.134. The van der Waals surface area contributed by atoms with E-state index in [1.54, 1.807) is 0 Å². The van der Waals surface area contributed by atoms with Gasteiger partial charge < -0.3 is 19.9 Å². The van der Waals surface area contributed by atoms with Crippen LogP contribution in [0.5, 0.6) is 11.5 Å². The van der Waals surface area contributed by atoms with Crippen molar-refractivity contribution in [3.8, 4) is 11.5 Å². The van der Waals surface area contributed by atoms with Crippen molar-refractivity contribution in [2.45, 2.75) is 45.8 Å². The molecule has 8 heteroatoms. The lowest BCUT2D eigenvalue weighted by molar-refractivity contribution is -0.190. The minimum atomic E-state index is -1.04. The van der Waals surface area contributed by atoms with E-state index in [-0.39, 0.29) is 11.5 Å². The second-order valence-corrected chi connectivity index (χ2v) is 7.94. The highest BCUT2D eigenvalue weighted by atomic mass is 16.5. The predicted octanol–water partition coefficient (Wildman–Crippen LogP) is 4.31. The second kappa shape index (κ2) is 10.8. The quantitative estimate of drug-likeness (QED) is 0.387. The van der Waals surface area contributed by atoms with Crippen LogP contribution >= 0.6 is 0 Å². The highest BCUT2D eigenvalue weighted by Crippen LogP contribution is 2.46. The van der Waals surface area contributed by atoms with Gasteiger partial charge in [0.25, 0.3) is 0 Å². The number of imide groups is 1. The molecule has 0 aromatic heterocycles. The summed E-state index contributed by atoms with van der Waals surface area (Å²) in [7, 11) is 0. The summed E-state index contributed by atoms with van der Waals surface area (Å²) in [5.41, 5.74) is -0.651. The molecule has 176 valence electrons. The van der Waals surface area contributed by atoms with Crippen molar-refractivity contribution in [3.05, 3.63) is 60.2 Å². The number of carbonyl (C=O) groups excluding carboxylic acids is 2. The van der Waals surface area contributed by atoms with Gasteiger partial charge in [-0.3, -0.25) is 4.79 Å². The Balaban J connectivity index is 1.54. The lowest BCUT2D eigenvalue weighted by atomic mass is 9.72. The third-order valence-electron chi connectivity index (χ3n) is 6.04. The number of nitrogens with zero attached hydrogens (tertiary/aromatic N) is 1. The van der Waals surface area contributed by atoms with Gasteiger partial charge in [-0.25, -0.2) is 14.5 Å². The number of carboxylic acid groups (broad SMARTS) is 1. The minimum Gasteiger partial charge on any atom is -0.494 e. The molecule has 1 heterocycles. The first-order valence-corrected chi connectivity index (χ1v) is 11.2. The van der Waals surface area contributed by atoms with Gasteiger partial charge in [-0.2, -0.15) is 0 Å². The van der Waals surface area contributed by atoms with E-state index in [4.69, 9.17) is 14.6 Å². The van der Waals surface area contributed by atoms with Crippen LogP contribution in [0.25, 0.3) is 0 Å². The molecule has 2 N–H and O–H groups in total. The van der Waals surface area contributed by atoms with E-state index in [0.717, 1.165) is 17.1 Å². The van der Waals surface area contributed by atoms with Crippen molar-refractivity contribution < 1.29 is 29.0 Å². The first-order valence-electron chi connectivity index (χ1n) is 11.2. The number of ether oxygens (including phenoxy) is 2. The summed E-state index contributed by atoms with van der Waals surface area (Å²) in [5, 5.41) is 11.9. The number of hydrogen-bond donors (Lipinski definition) is 2. The molecular formula is C25H30N2O6. The van der Waals surface area contributed by atoms with Crippen molar-refractivity contribution in [2.24, 2.45) is 5.41 Å². The average molecular weight is 455 g/mol. The van der Waals surface area contributed by atoms with Crippen molar-refractivity contribution >= 4 is 17.9 Å². The number of likely N-dealkylation sites (tertiary alicyclic amines) is 1. The fourth-order valence-corrected chi connectivity index (χ4v) is 3.92. The molecule has 2 aromatic rings. The highest BCUT2D eigenvalue weighted by molar-refractivity contribution is 6.03. The molecule has 33 heavy (non-hydrogen) atoms. The molecule has 0 bridgehead atoms. The summed E-state index contributed by atoms with van der Waals surface area (Å²) in [5.74, 6) is -0.0872. The van der Waals surface area contributed by atoms with E-state index in [2.05, 4.69) is 5.32 Å². The molecule has 0 aliphatic carbocycles. The van der Waals surface area contributed by atoms with Crippen LogP contribution < -0.4 is 14.8 Å². The van der Waals surface area contributed by atoms with Gasteiger partial charge in [0.05, 0.1) is 12.2 Å². The van der Waals surface area contributed by atoms with Crippen molar-refractivity contribution in [2.75, 3.05) is 13.2 Å². The lowest BCUT2D eigenvalue weighted by Gasteiger charge is -2.53. The smallest absolute Gasteiger partial charge is 0.335 e. The lowest BCUT2D eigenvalue weighted by Crippen LogP contribution is -2.73. The van der Waals surface area contributed by atoms with Gasteiger partial charge in [0, 0.05) is 6.54 Å². The van der Waals surface area contributed by atoms with Gasteiger partial charge in [0.2, 0.25) is 5.91 Å². The van der Waals surface area contributed by atoms with Crippen LogP contribution in [0.4, 0.5) is 4.79 Å². The molecule has 3 rings (SSSR count). The van der Waals surface area contributed by atoms with Crippen LogP contribution in [-0.4, -0.2) is 47.3 Å². The Hall–Kier alpha value is -3.55. The number of benzene rings is 2. The maximum Gasteiger partial charge on any atom is 0.335 e. The molecule has 1 aliphatic rings. The SMILES string of the molecule is CCC1(CC)C(=O)N(C(=O)NCCCCOc2ccccc2)C1Oc1ccc(C(=O)O)cc1. The molecule has 2 aromatic carbocycles. The largest absolute Gasteiger partial charge is 0.494 e. The van der Waals surface area contributed by atoms with Gasteiger partial charge >= 0.3 is 12.0 Å². The number of amides is 3. The Kier molecular flexibility index (Phi) is 7.92. The summed E-state index contributed by atoms with van der Waals surface area (Å²) in [6, 6.07) is 15.0. The van der Waals surface area contributed by atoms with Crippen LogP contribution in [0.15, 0.2) is 54.6 Å². The Bertz CT molecular complexity index is 957. The van der Waals surface area contributed by atoms with Gasteiger partial charge in [-0.05, 0) is 62.1 Å². The Labute approximate surface area is 193 Å². The molecule has 3 amide bonds. The molecule has 1 atom stereocenters. The van der Waals surface area contributed by atoms with E-state index >= 15 is 0 Å². The van der Waals surface area contributed by atoms with Crippen LogP contribution in [0.3, 0.4) is 0 Å². The van der Waals surface area contributed by atoms with E-state index in [0.29, 0.717) is 38.2 Å². The maximum atomic E-state index is 12.9. The predicted molar refractivity (Wildman–Crippen MR) is 122 cm³/mol. The van der Waals surface area contributed by atoms with E-state index < -0.39 is 23.6 Å². The Morgan fingerprint density at radius 2 is 1.67 bits per heavy atom. The number of urea groups is 1. The number of aromatic carboxylic acids is 1.